The fraction of sp³-hybridized carbons (Fsp3) is 0.278. The summed E-state index contributed by atoms with van der Waals surface area (Å²) in [5, 5.41) is 3.28. The van der Waals surface area contributed by atoms with Gasteiger partial charge in [0.25, 0.3) is 0 Å². The monoisotopic (exact) mass is 334 g/mol. The van der Waals surface area contributed by atoms with Gasteiger partial charge in [0.05, 0.1) is 6.54 Å². The Morgan fingerprint density at radius 3 is 2.39 bits per heavy atom. The van der Waals surface area contributed by atoms with Gasteiger partial charge in [-0.15, -0.1) is 0 Å². The van der Waals surface area contributed by atoms with Gasteiger partial charge < -0.3 is 5.32 Å². The number of nitrogens with one attached hydrogen (secondary N) is 1. The number of halogens is 2. The summed E-state index contributed by atoms with van der Waals surface area (Å²) in [6, 6.07) is 10.4. The summed E-state index contributed by atoms with van der Waals surface area (Å²) in [7, 11) is 1.76. The van der Waals surface area contributed by atoms with Crippen LogP contribution < -0.4 is 5.32 Å². The van der Waals surface area contributed by atoms with Gasteiger partial charge in [-0.05, 0) is 44.2 Å². The smallest absolute Gasteiger partial charge is 0.238 e. The lowest BCUT2D eigenvalue weighted by Gasteiger charge is -2.18. The zero-order valence-corrected chi connectivity index (χ0v) is 14.2. The van der Waals surface area contributed by atoms with E-state index in [1.165, 1.54) is 6.07 Å². The van der Waals surface area contributed by atoms with Gasteiger partial charge in [-0.25, -0.2) is 4.39 Å². The molecule has 2 rings (SSSR count). The Morgan fingerprint density at radius 1 is 1.17 bits per heavy atom. The maximum atomic E-state index is 13.8. The largest absolute Gasteiger partial charge is 0.324 e. The molecule has 0 heterocycles. The summed E-state index contributed by atoms with van der Waals surface area (Å²) in [5.74, 6) is -0.503. The van der Waals surface area contributed by atoms with Crippen LogP contribution in [0.15, 0.2) is 36.4 Å². The first-order valence-corrected chi connectivity index (χ1v) is 7.73. The second-order valence-corrected chi connectivity index (χ2v) is 6.09. The molecule has 2 aromatic carbocycles. The Kier molecular flexibility index (Phi) is 5.74. The standard InChI is InChI=1S/C18H20ClFN2O/c1-12-6-4-7-13(2)18(12)21-17(23)11-22(3)10-14-15(19)8-5-9-16(14)20/h4-9H,10-11H2,1-3H3,(H,21,23). The van der Waals surface area contributed by atoms with E-state index >= 15 is 0 Å². The Morgan fingerprint density at radius 2 is 1.78 bits per heavy atom. The molecule has 0 spiro atoms. The van der Waals surface area contributed by atoms with Crippen molar-refractivity contribution < 1.29 is 9.18 Å². The maximum absolute atomic E-state index is 13.8. The van der Waals surface area contributed by atoms with Crippen molar-refractivity contribution in [1.29, 1.82) is 0 Å². The van der Waals surface area contributed by atoms with Crippen LogP contribution >= 0.6 is 11.6 Å². The Labute approximate surface area is 141 Å². The summed E-state index contributed by atoms with van der Waals surface area (Å²) in [6.45, 7) is 4.32. The third-order valence-electron chi connectivity index (χ3n) is 3.65. The summed E-state index contributed by atoms with van der Waals surface area (Å²) >= 11 is 6.01. The number of nitrogens with zero attached hydrogens (tertiary/aromatic N) is 1. The van der Waals surface area contributed by atoms with E-state index in [2.05, 4.69) is 5.32 Å². The second-order valence-electron chi connectivity index (χ2n) is 5.69. The summed E-state index contributed by atoms with van der Waals surface area (Å²) in [4.78, 5) is 13.9. The molecule has 3 nitrogen and oxygen atoms in total. The fourth-order valence-corrected chi connectivity index (χ4v) is 2.67. The van der Waals surface area contributed by atoms with E-state index in [4.69, 9.17) is 11.6 Å². The SMILES string of the molecule is Cc1cccc(C)c1NC(=O)CN(C)Cc1c(F)cccc1Cl. The molecule has 1 amide bonds. The number of aryl methyl sites for hydroxylation is 2. The Bertz CT molecular complexity index is 678. The number of carbonyl (C=O) groups is 1. The highest BCUT2D eigenvalue weighted by Crippen LogP contribution is 2.21. The van der Waals surface area contributed by atoms with Crippen LogP contribution in [0.25, 0.3) is 0 Å². The summed E-state index contributed by atoms with van der Waals surface area (Å²) in [6.07, 6.45) is 0. The average Bonchev–Trinajstić information content (AvgIpc) is 2.47. The van der Waals surface area contributed by atoms with Gasteiger partial charge in [0, 0.05) is 22.8 Å². The van der Waals surface area contributed by atoms with Gasteiger partial charge in [0.15, 0.2) is 0 Å². The molecule has 1 N–H and O–H groups in total. The minimum absolute atomic E-state index is 0.141. The van der Waals surface area contributed by atoms with Crippen LogP contribution in [-0.4, -0.2) is 24.4 Å². The normalized spacial score (nSPS) is 10.9. The molecule has 0 aromatic heterocycles. The molecule has 0 fully saturated rings. The molecule has 0 saturated carbocycles. The predicted octanol–water partition coefficient (Wildman–Crippen LogP) is 4.17. The van der Waals surface area contributed by atoms with E-state index in [0.29, 0.717) is 10.6 Å². The van der Waals surface area contributed by atoms with Crippen LogP contribution in [0.3, 0.4) is 0 Å². The zero-order chi connectivity index (χ0) is 17.0. The number of likely N-dealkylation sites (N-methyl/N-ethyl adjacent to an activating group) is 1. The minimum atomic E-state index is -0.362. The van der Waals surface area contributed by atoms with Gasteiger partial charge in [0.1, 0.15) is 5.82 Å². The van der Waals surface area contributed by atoms with Crippen LogP contribution in [0.2, 0.25) is 5.02 Å². The molecule has 23 heavy (non-hydrogen) atoms. The minimum Gasteiger partial charge on any atom is -0.324 e. The van der Waals surface area contributed by atoms with Crippen LogP contribution in [-0.2, 0) is 11.3 Å². The highest BCUT2D eigenvalue weighted by molar-refractivity contribution is 6.31. The lowest BCUT2D eigenvalue weighted by molar-refractivity contribution is -0.117. The highest BCUT2D eigenvalue weighted by atomic mass is 35.5. The maximum Gasteiger partial charge on any atom is 0.238 e. The van der Waals surface area contributed by atoms with E-state index in [0.717, 1.165) is 16.8 Å². The Balaban J connectivity index is 2.00. The fourth-order valence-electron chi connectivity index (χ4n) is 2.44. The van der Waals surface area contributed by atoms with E-state index < -0.39 is 0 Å². The quantitative estimate of drug-likeness (QED) is 0.890. The molecule has 0 aliphatic rings. The molecular formula is C18H20ClFN2O. The number of hydrogen-bond acceptors (Lipinski definition) is 2. The van der Waals surface area contributed by atoms with Crippen LogP contribution in [0.1, 0.15) is 16.7 Å². The third-order valence-corrected chi connectivity index (χ3v) is 4.00. The van der Waals surface area contributed by atoms with Crippen LogP contribution in [0, 0.1) is 19.7 Å². The van der Waals surface area contributed by atoms with Crippen LogP contribution in [0.4, 0.5) is 10.1 Å². The summed E-state index contributed by atoms with van der Waals surface area (Å²) in [5.41, 5.74) is 3.25. The molecule has 2 aromatic rings. The number of hydrogen-bond donors (Lipinski definition) is 1. The van der Waals surface area contributed by atoms with Crippen LogP contribution in [0.5, 0.6) is 0 Å². The summed E-state index contributed by atoms with van der Waals surface area (Å²) < 4.78 is 13.8. The molecule has 0 saturated heterocycles. The Hall–Kier alpha value is -1.91. The van der Waals surface area contributed by atoms with Gasteiger partial charge in [0.2, 0.25) is 5.91 Å². The van der Waals surface area contributed by atoms with E-state index in [1.807, 2.05) is 32.0 Å². The third kappa shape index (κ3) is 4.53. The first kappa shape index (κ1) is 17.4. The van der Waals surface area contributed by atoms with Gasteiger partial charge in [-0.3, -0.25) is 9.69 Å². The van der Waals surface area contributed by atoms with Gasteiger partial charge in [-0.1, -0.05) is 35.9 Å². The first-order chi connectivity index (χ1) is 10.9. The van der Waals surface area contributed by atoms with Crippen molar-refractivity contribution in [2.45, 2.75) is 20.4 Å². The van der Waals surface area contributed by atoms with Crippen molar-refractivity contribution in [3.8, 4) is 0 Å². The molecule has 0 atom stereocenters. The number of anilines is 1. The molecule has 0 aliphatic carbocycles. The number of carbonyl (C=O) groups excluding carboxylic acids is 1. The van der Waals surface area contributed by atoms with E-state index in [1.54, 1.807) is 24.1 Å². The lowest BCUT2D eigenvalue weighted by Crippen LogP contribution is -2.30. The van der Waals surface area contributed by atoms with Crippen molar-refractivity contribution in [3.05, 3.63) is 63.9 Å². The zero-order valence-electron chi connectivity index (χ0n) is 13.5. The average molecular weight is 335 g/mol. The molecule has 0 unspecified atom stereocenters. The van der Waals surface area contributed by atoms with Gasteiger partial charge >= 0.3 is 0 Å². The van der Waals surface area contributed by atoms with Gasteiger partial charge in [-0.2, -0.15) is 0 Å². The molecular weight excluding hydrogens is 315 g/mol. The van der Waals surface area contributed by atoms with Crippen molar-refractivity contribution in [3.63, 3.8) is 0 Å². The van der Waals surface area contributed by atoms with Crippen molar-refractivity contribution in [1.82, 2.24) is 4.90 Å². The first-order valence-electron chi connectivity index (χ1n) is 7.36. The van der Waals surface area contributed by atoms with Crippen molar-refractivity contribution in [2.75, 3.05) is 18.9 Å². The number of para-hydroxylation sites is 1. The number of amides is 1. The second kappa shape index (κ2) is 7.57. The number of benzene rings is 2. The molecule has 0 radical (unpaired) electrons. The van der Waals surface area contributed by atoms with E-state index in [-0.39, 0.29) is 24.8 Å². The predicted molar refractivity (Wildman–Crippen MR) is 92.3 cm³/mol. The number of rotatable bonds is 5. The topological polar surface area (TPSA) is 32.3 Å². The highest BCUT2D eigenvalue weighted by Gasteiger charge is 2.13. The van der Waals surface area contributed by atoms with Crippen molar-refractivity contribution >= 4 is 23.2 Å². The lowest BCUT2D eigenvalue weighted by atomic mass is 10.1. The van der Waals surface area contributed by atoms with Crippen molar-refractivity contribution in [2.24, 2.45) is 0 Å². The molecule has 5 heteroatoms. The molecule has 122 valence electrons. The molecule has 0 bridgehead atoms. The molecule has 0 aliphatic heterocycles. The van der Waals surface area contributed by atoms with E-state index in [9.17, 15) is 9.18 Å².